The van der Waals surface area contributed by atoms with Crippen molar-refractivity contribution in [2.75, 3.05) is 13.7 Å². The summed E-state index contributed by atoms with van der Waals surface area (Å²) in [5, 5.41) is 0.874. The molecule has 0 aliphatic carbocycles. The van der Waals surface area contributed by atoms with Crippen LogP contribution in [0, 0.1) is 0 Å². The maximum Gasteiger partial charge on any atom is 0.219 e. The Bertz CT molecular complexity index is 1080. The number of rotatable bonds is 8. The highest BCUT2D eigenvalue weighted by atomic mass is 32.2. The van der Waals surface area contributed by atoms with Crippen LogP contribution >= 0.6 is 0 Å². The minimum atomic E-state index is -3.62. The van der Waals surface area contributed by atoms with Gasteiger partial charge in [0.1, 0.15) is 17.6 Å². The number of aromatic nitrogens is 1. The largest absolute Gasteiger partial charge is 0.489 e. The first-order valence-electron chi connectivity index (χ1n) is 10.0. The van der Waals surface area contributed by atoms with Crippen LogP contribution in [-0.2, 0) is 28.0 Å². The van der Waals surface area contributed by atoms with E-state index < -0.39 is 21.3 Å². The van der Waals surface area contributed by atoms with Crippen LogP contribution < -0.4 is 9.46 Å². The minimum absolute atomic E-state index is 0.0931. The summed E-state index contributed by atoms with van der Waals surface area (Å²) in [6.07, 6.45) is 3.30. The molecule has 0 unspecified atom stereocenters. The van der Waals surface area contributed by atoms with Crippen LogP contribution in [0.3, 0.4) is 0 Å². The highest BCUT2D eigenvalue weighted by Gasteiger charge is 2.43. The van der Waals surface area contributed by atoms with E-state index in [4.69, 9.17) is 9.57 Å². The predicted octanol–water partition coefficient (Wildman–Crippen LogP) is 3.07. The molecular formula is C23H25N3O4S. The van der Waals surface area contributed by atoms with Crippen molar-refractivity contribution in [3.05, 3.63) is 95.8 Å². The fourth-order valence-electron chi connectivity index (χ4n) is 3.58. The number of hydroxylamine groups is 2. The van der Waals surface area contributed by atoms with Crippen molar-refractivity contribution in [1.29, 1.82) is 0 Å². The first kappa shape index (κ1) is 21.5. The van der Waals surface area contributed by atoms with E-state index in [0.29, 0.717) is 6.61 Å². The van der Waals surface area contributed by atoms with Gasteiger partial charge in [-0.1, -0.05) is 48.5 Å². The Kier molecular flexibility index (Phi) is 6.62. The van der Waals surface area contributed by atoms with Crippen LogP contribution in [-0.4, -0.2) is 37.4 Å². The third-order valence-corrected chi connectivity index (χ3v) is 6.99. The van der Waals surface area contributed by atoms with Crippen LogP contribution in [0.5, 0.6) is 5.75 Å². The van der Waals surface area contributed by atoms with Gasteiger partial charge >= 0.3 is 0 Å². The molecule has 4 rings (SSSR count). The monoisotopic (exact) mass is 439 g/mol. The highest BCUT2D eigenvalue weighted by molar-refractivity contribution is 7.90. The number of nitrogens with one attached hydrogen (secondary N) is 1. The van der Waals surface area contributed by atoms with E-state index in [2.05, 4.69) is 9.71 Å². The molecule has 1 N–H and O–H groups in total. The Balaban J connectivity index is 1.44. The van der Waals surface area contributed by atoms with Gasteiger partial charge in [0.05, 0.1) is 12.6 Å². The van der Waals surface area contributed by atoms with Gasteiger partial charge in [0.25, 0.3) is 0 Å². The average molecular weight is 440 g/mol. The van der Waals surface area contributed by atoms with E-state index in [1.807, 2.05) is 60.7 Å². The van der Waals surface area contributed by atoms with Gasteiger partial charge in [-0.3, -0.25) is 9.82 Å². The number of hydrogen-bond donors (Lipinski definition) is 1. The van der Waals surface area contributed by atoms with E-state index >= 15 is 0 Å². The normalized spacial score (nSPS) is 19.4. The van der Waals surface area contributed by atoms with Crippen LogP contribution in [0.15, 0.2) is 79.1 Å². The standard InChI is InChI=1S/C23H25N3O4S/c1-26-23(20-9-11-21(12-10-20)29-16-18-6-3-2-4-7-18)22(17-30-26)31(27,28)25-15-19-8-5-13-24-14-19/h2-14,22-23,25H,15-17H2,1H3/t22-,23+/m0/s1. The topological polar surface area (TPSA) is 80.8 Å². The van der Waals surface area contributed by atoms with Gasteiger partial charge in [-0.15, -0.1) is 0 Å². The van der Waals surface area contributed by atoms with Crippen LogP contribution in [0.4, 0.5) is 0 Å². The maximum absolute atomic E-state index is 13.0. The van der Waals surface area contributed by atoms with Crippen molar-refractivity contribution in [1.82, 2.24) is 14.8 Å². The summed E-state index contributed by atoms with van der Waals surface area (Å²) in [5.41, 5.74) is 2.74. The number of ether oxygens (including phenoxy) is 1. The summed E-state index contributed by atoms with van der Waals surface area (Å²) >= 11 is 0. The number of hydrogen-bond acceptors (Lipinski definition) is 6. The molecule has 0 amide bonds. The quantitative estimate of drug-likeness (QED) is 0.581. The number of benzene rings is 2. The first-order valence-corrected chi connectivity index (χ1v) is 11.6. The van der Waals surface area contributed by atoms with Gasteiger partial charge < -0.3 is 4.74 Å². The molecule has 7 nitrogen and oxygen atoms in total. The Hall–Kier alpha value is -2.78. The van der Waals surface area contributed by atoms with Gasteiger partial charge in [0.15, 0.2) is 0 Å². The molecule has 1 aliphatic heterocycles. The zero-order chi connectivity index (χ0) is 21.7. The SMILES string of the molecule is CN1OC[C@H](S(=O)(=O)NCc2cccnc2)[C@H]1c1ccc(OCc2ccccc2)cc1. The van der Waals surface area contributed by atoms with Gasteiger partial charge in [0.2, 0.25) is 10.0 Å². The van der Waals surface area contributed by atoms with Crippen LogP contribution in [0.1, 0.15) is 22.7 Å². The molecule has 1 aliphatic rings. The summed E-state index contributed by atoms with van der Waals surface area (Å²) in [7, 11) is -1.87. The molecule has 3 aromatic rings. The van der Waals surface area contributed by atoms with Gasteiger partial charge in [-0.25, -0.2) is 13.1 Å². The van der Waals surface area contributed by atoms with Crippen molar-refractivity contribution < 1.29 is 18.0 Å². The van der Waals surface area contributed by atoms with Crippen molar-refractivity contribution in [3.63, 3.8) is 0 Å². The number of sulfonamides is 1. The Morgan fingerprint density at radius 1 is 1.06 bits per heavy atom. The molecule has 2 heterocycles. The lowest BCUT2D eigenvalue weighted by molar-refractivity contribution is -0.110. The molecule has 0 spiro atoms. The zero-order valence-corrected chi connectivity index (χ0v) is 18.0. The molecule has 0 bridgehead atoms. The summed E-state index contributed by atoms with van der Waals surface area (Å²) in [5.74, 6) is 0.725. The molecule has 2 atom stereocenters. The smallest absolute Gasteiger partial charge is 0.219 e. The van der Waals surface area contributed by atoms with Crippen molar-refractivity contribution in [3.8, 4) is 5.75 Å². The second-order valence-electron chi connectivity index (χ2n) is 7.40. The van der Waals surface area contributed by atoms with Crippen molar-refractivity contribution in [2.24, 2.45) is 0 Å². The fraction of sp³-hybridized carbons (Fsp3) is 0.261. The molecule has 1 aromatic heterocycles. The third kappa shape index (κ3) is 5.29. The third-order valence-electron chi connectivity index (χ3n) is 5.26. The van der Waals surface area contributed by atoms with E-state index in [-0.39, 0.29) is 13.2 Å². The van der Waals surface area contributed by atoms with Crippen LogP contribution in [0.25, 0.3) is 0 Å². The Morgan fingerprint density at radius 3 is 2.52 bits per heavy atom. The molecule has 1 fully saturated rings. The maximum atomic E-state index is 13.0. The summed E-state index contributed by atoms with van der Waals surface area (Å²) in [6, 6.07) is 20.6. The second-order valence-corrected chi connectivity index (χ2v) is 9.38. The fourth-order valence-corrected chi connectivity index (χ4v) is 5.07. The lowest BCUT2D eigenvalue weighted by atomic mass is 10.0. The highest BCUT2D eigenvalue weighted by Crippen LogP contribution is 2.34. The molecule has 8 heteroatoms. The lowest BCUT2D eigenvalue weighted by Crippen LogP contribution is -2.39. The zero-order valence-electron chi connectivity index (χ0n) is 17.2. The van der Waals surface area contributed by atoms with Crippen LogP contribution in [0.2, 0.25) is 0 Å². The summed E-state index contributed by atoms with van der Waals surface area (Å²) < 4.78 is 34.5. The molecule has 162 valence electrons. The lowest BCUT2D eigenvalue weighted by Gasteiger charge is -2.23. The van der Waals surface area contributed by atoms with E-state index in [9.17, 15) is 8.42 Å². The average Bonchev–Trinajstić information content (AvgIpc) is 3.20. The van der Waals surface area contributed by atoms with Gasteiger partial charge in [0, 0.05) is 26.0 Å². The van der Waals surface area contributed by atoms with Crippen molar-refractivity contribution >= 4 is 10.0 Å². The molecule has 31 heavy (non-hydrogen) atoms. The second kappa shape index (κ2) is 9.57. The van der Waals surface area contributed by atoms with E-state index in [1.54, 1.807) is 30.6 Å². The Morgan fingerprint density at radius 2 is 1.81 bits per heavy atom. The van der Waals surface area contributed by atoms with E-state index in [0.717, 1.165) is 22.4 Å². The minimum Gasteiger partial charge on any atom is -0.489 e. The van der Waals surface area contributed by atoms with Gasteiger partial charge in [-0.05, 0) is 34.9 Å². The summed E-state index contributed by atoms with van der Waals surface area (Å²) in [4.78, 5) is 9.60. The number of nitrogens with zero attached hydrogens (tertiary/aromatic N) is 2. The predicted molar refractivity (Wildman–Crippen MR) is 117 cm³/mol. The van der Waals surface area contributed by atoms with Gasteiger partial charge in [-0.2, -0.15) is 5.06 Å². The molecule has 1 saturated heterocycles. The molecular weight excluding hydrogens is 414 g/mol. The summed E-state index contributed by atoms with van der Waals surface area (Å²) in [6.45, 7) is 0.757. The first-order chi connectivity index (χ1) is 15.0. The van der Waals surface area contributed by atoms with Crippen molar-refractivity contribution in [2.45, 2.75) is 24.4 Å². The number of pyridine rings is 1. The molecule has 0 saturated carbocycles. The van der Waals surface area contributed by atoms with E-state index in [1.165, 1.54) is 0 Å². The molecule has 2 aromatic carbocycles. The molecule has 0 radical (unpaired) electrons. The Labute approximate surface area is 182 Å².